The van der Waals surface area contributed by atoms with Crippen molar-refractivity contribution in [1.29, 1.82) is 0 Å². The van der Waals surface area contributed by atoms with Crippen LogP contribution in [-0.4, -0.2) is 30.0 Å². The Morgan fingerprint density at radius 3 is 2.10 bits per heavy atom. The standard InChI is InChI=1S/C28H21F5N2O5/c29-16-7-14(8-17(30)12-16)9-23(36)34-5-6-35-24(37)13-19(15-10-20(31)26(33)21(32)11-15)25-27(38)18-3-1-2-4-22(18)40-28(25)39/h1-4,7-8,10-12,19,38H,5-6,9,13H2,(H,34,36)(H,35,37). The molecule has 1 unspecified atom stereocenters. The second kappa shape index (κ2) is 12.0. The van der Waals surface area contributed by atoms with Gasteiger partial charge < -0.3 is 20.2 Å². The van der Waals surface area contributed by atoms with Gasteiger partial charge in [0.25, 0.3) is 0 Å². The Bertz CT molecular complexity index is 1610. The van der Waals surface area contributed by atoms with E-state index in [9.17, 15) is 41.4 Å². The van der Waals surface area contributed by atoms with Gasteiger partial charge >= 0.3 is 5.63 Å². The lowest BCUT2D eigenvalue weighted by atomic mass is 9.87. The van der Waals surface area contributed by atoms with E-state index in [1.807, 2.05) is 0 Å². The van der Waals surface area contributed by atoms with Gasteiger partial charge in [-0.25, -0.2) is 26.7 Å². The highest BCUT2D eigenvalue weighted by molar-refractivity contribution is 5.85. The minimum Gasteiger partial charge on any atom is -0.507 e. The highest BCUT2D eigenvalue weighted by Crippen LogP contribution is 2.36. The van der Waals surface area contributed by atoms with Crippen LogP contribution in [0.3, 0.4) is 0 Å². The highest BCUT2D eigenvalue weighted by Gasteiger charge is 2.29. The number of amides is 2. The second-order valence-electron chi connectivity index (χ2n) is 8.86. The van der Waals surface area contributed by atoms with Crippen LogP contribution in [-0.2, 0) is 16.0 Å². The van der Waals surface area contributed by atoms with Gasteiger partial charge in [0.15, 0.2) is 17.5 Å². The molecule has 0 radical (unpaired) electrons. The summed E-state index contributed by atoms with van der Waals surface area (Å²) in [5, 5.41) is 15.9. The van der Waals surface area contributed by atoms with E-state index < -0.39 is 70.2 Å². The van der Waals surface area contributed by atoms with Crippen LogP contribution < -0.4 is 16.3 Å². The third-order valence-electron chi connectivity index (χ3n) is 6.02. The first-order chi connectivity index (χ1) is 19.0. The van der Waals surface area contributed by atoms with Crippen molar-refractivity contribution < 1.29 is 41.1 Å². The molecule has 208 valence electrons. The minimum atomic E-state index is -1.75. The Hall–Kier alpha value is -4.74. The fourth-order valence-electron chi connectivity index (χ4n) is 4.24. The van der Waals surface area contributed by atoms with Crippen LogP contribution in [0.4, 0.5) is 22.0 Å². The Balaban J connectivity index is 1.49. The predicted octanol–water partition coefficient (Wildman–Crippen LogP) is 4.19. The summed E-state index contributed by atoms with van der Waals surface area (Å²) in [7, 11) is 0. The van der Waals surface area contributed by atoms with E-state index in [4.69, 9.17) is 4.42 Å². The number of aromatic hydroxyl groups is 1. The van der Waals surface area contributed by atoms with Gasteiger partial charge in [-0.3, -0.25) is 9.59 Å². The molecule has 0 fully saturated rings. The summed E-state index contributed by atoms with van der Waals surface area (Å²) in [6.45, 7) is -0.213. The van der Waals surface area contributed by atoms with E-state index in [1.165, 1.54) is 12.1 Å². The summed E-state index contributed by atoms with van der Waals surface area (Å²) in [4.78, 5) is 37.6. The molecule has 12 heteroatoms. The molecule has 40 heavy (non-hydrogen) atoms. The fraction of sp³-hybridized carbons (Fsp3) is 0.179. The third kappa shape index (κ3) is 6.45. The van der Waals surface area contributed by atoms with Gasteiger partial charge in [0.2, 0.25) is 11.8 Å². The Morgan fingerprint density at radius 2 is 1.45 bits per heavy atom. The van der Waals surface area contributed by atoms with Crippen molar-refractivity contribution in [1.82, 2.24) is 10.6 Å². The van der Waals surface area contributed by atoms with E-state index in [0.717, 1.165) is 12.1 Å². The molecule has 0 aliphatic rings. The molecule has 4 rings (SSSR count). The van der Waals surface area contributed by atoms with Crippen molar-refractivity contribution in [2.75, 3.05) is 13.1 Å². The lowest BCUT2D eigenvalue weighted by Crippen LogP contribution is -2.36. The third-order valence-corrected chi connectivity index (χ3v) is 6.02. The molecule has 3 N–H and O–H groups in total. The molecule has 0 spiro atoms. The maximum absolute atomic E-state index is 14.1. The summed E-state index contributed by atoms with van der Waals surface area (Å²) < 4.78 is 73.6. The monoisotopic (exact) mass is 560 g/mol. The fourth-order valence-corrected chi connectivity index (χ4v) is 4.24. The zero-order chi connectivity index (χ0) is 29.0. The van der Waals surface area contributed by atoms with Crippen LogP contribution >= 0.6 is 0 Å². The van der Waals surface area contributed by atoms with Crippen molar-refractivity contribution in [2.45, 2.75) is 18.8 Å². The summed E-state index contributed by atoms with van der Waals surface area (Å²) in [5.74, 6) is -9.89. The quantitative estimate of drug-likeness (QED) is 0.123. The Labute approximate surface area is 223 Å². The average molecular weight is 560 g/mol. The number of halogens is 5. The van der Waals surface area contributed by atoms with Crippen LogP contribution in [0.25, 0.3) is 11.0 Å². The molecule has 1 heterocycles. The van der Waals surface area contributed by atoms with E-state index in [0.29, 0.717) is 18.2 Å². The smallest absolute Gasteiger partial charge is 0.343 e. The van der Waals surface area contributed by atoms with Crippen molar-refractivity contribution in [3.8, 4) is 5.75 Å². The molecule has 4 aromatic rings. The first-order valence-electron chi connectivity index (χ1n) is 11.9. The summed E-state index contributed by atoms with van der Waals surface area (Å²) in [6.07, 6.45) is -0.929. The first kappa shape index (κ1) is 28.3. The molecule has 0 bridgehead atoms. The Morgan fingerprint density at radius 1 is 0.850 bits per heavy atom. The average Bonchev–Trinajstić information content (AvgIpc) is 2.88. The van der Waals surface area contributed by atoms with Crippen molar-refractivity contribution >= 4 is 22.8 Å². The number of carbonyl (C=O) groups excluding carboxylic acids is 2. The summed E-state index contributed by atoms with van der Waals surface area (Å²) in [6, 6.07) is 9.84. The number of benzene rings is 3. The maximum atomic E-state index is 14.1. The molecule has 7 nitrogen and oxygen atoms in total. The molecular weight excluding hydrogens is 539 g/mol. The van der Waals surface area contributed by atoms with Crippen LogP contribution in [0.2, 0.25) is 0 Å². The number of fused-ring (bicyclic) bond motifs is 1. The molecular formula is C28H21F5N2O5. The van der Waals surface area contributed by atoms with Crippen molar-refractivity contribution in [3.05, 3.63) is 111 Å². The van der Waals surface area contributed by atoms with Crippen LogP contribution in [0.1, 0.15) is 29.0 Å². The van der Waals surface area contributed by atoms with Gasteiger partial charge in [-0.15, -0.1) is 0 Å². The van der Waals surface area contributed by atoms with Gasteiger partial charge in [-0.1, -0.05) is 12.1 Å². The van der Waals surface area contributed by atoms with E-state index in [-0.39, 0.29) is 41.6 Å². The number of rotatable bonds is 9. The van der Waals surface area contributed by atoms with Gasteiger partial charge in [-0.05, 0) is 47.5 Å². The molecule has 1 atom stereocenters. The van der Waals surface area contributed by atoms with E-state index in [1.54, 1.807) is 12.1 Å². The van der Waals surface area contributed by atoms with E-state index >= 15 is 0 Å². The number of hydrogen-bond acceptors (Lipinski definition) is 5. The number of para-hydroxylation sites is 1. The second-order valence-corrected chi connectivity index (χ2v) is 8.86. The number of hydrogen-bond donors (Lipinski definition) is 3. The van der Waals surface area contributed by atoms with Crippen LogP contribution in [0.5, 0.6) is 5.75 Å². The first-order valence-corrected chi connectivity index (χ1v) is 11.9. The van der Waals surface area contributed by atoms with Crippen LogP contribution in [0.15, 0.2) is 63.8 Å². The maximum Gasteiger partial charge on any atom is 0.343 e. The largest absolute Gasteiger partial charge is 0.507 e. The number of nitrogens with one attached hydrogen (secondary N) is 2. The summed E-state index contributed by atoms with van der Waals surface area (Å²) in [5.41, 5.74) is -1.70. The molecule has 0 saturated heterocycles. The topological polar surface area (TPSA) is 109 Å². The lowest BCUT2D eigenvalue weighted by Gasteiger charge is -2.19. The SMILES string of the molecule is O=C(Cc1cc(F)cc(F)c1)NCCNC(=O)CC(c1cc(F)c(F)c(F)c1)c1c(O)c2ccccc2oc1=O. The molecule has 1 aromatic heterocycles. The zero-order valence-electron chi connectivity index (χ0n) is 20.6. The Kier molecular flexibility index (Phi) is 8.46. The highest BCUT2D eigenvalue weighted by atomic mass is 19.2. The van der Waals surface area contributed by atoms with Gasteiger partial charge in [0.05, 0.1) is 17.4 Å². The normalized spacial score (nSPS) is 11.8. The molecule has 3 aromatic carbocycles. The van der Waals surface area contributed by atoms with Gasteiger partial charge in [0.1, 0.15) is 23.0 Å². The molecule has 0 saturated carbocycles. The van der Waals surface area contributed by atoms with E-state index in [2.05, 4.69) is 10.6 Å². The zero-order valence-corrected chi connectivity index (χ0v) is 20.6. The molecule has 2 amide bonds. The van der Waals surface area contributed by atoms with Crippen molar-refractivity contribution in [3.63, 3.8) is 0 Å². The van der Waals surface area contributed by atoms with Gasteiger partial charge in [0, 0.05) is 31.5 Å². The number of carbonyl (C=O) groups is 2. The van der Waals surface area contributed by atoms with Crippen molar-refractivity contribution in [2.24, 2.45) is 0 Å². The minimum absolute atomic E-state index is 0.0325. The molecule has 0 aliphatic carbocycles. The summed E-state index contributed by atoms with van der Waals surface area (Å²) >= 11 is 0. The lowest BCUT2D eigenvalue weighted by molar-refractivity contribution is -0.122. The van der Waals surface area contributed by atoms with Crippen LogP contribution in [0, 0.1) is 29.1 Å². The predicted molar refractivity (Wildman–Crippen MR) is 133 cm³/mol. The molecule has 0 aliphatic heterocycles. The van der Waals surface area contributed by atoms with Gasteiger partial charge in [-0.2, -0.15) is 0 Å².